The van der Waals surface area contributed by atoms with Crippen molar-refractivity contribution < 1.29 is 19.0 Å². The van der Waals surface area contributed by atoms with Crippen molar-refractivity contribution in [3.63, 3.8) is 0 Å². The second-order valence-corrected chi connectivity index (χ2v) is 8.10. The molecule has 1 aromatic heterocycles. The number of terminal acetylenes is 1. The number of anilines is 1. The Morgan fingerprint density at radius 2 is 2.11 bits per heavy atom. The number of aliphatic hydroxyl groups excluding tert-OH is 1. The van der Waals surface area contributed by atoms with Crippen molar-refractivity contribution in [2.75, 3.05) is 31.6 Å². The van der Waals surface area contributed by atoms with Gasteiger partial charge in [0.05, 0.1) is 36.5 Å². The lowest BCUT2D eigenvalue weighted by molar-refractivity contribution is -0.146. The minimum atomic E-state index is -0.686. The van der Waals surface area contributed by atoms with Crippen LogP contribution in [0.3, 0.4) is 0 Å². The summed E-state index contributed by atoms with van der Waals surface area (Å²) >= 11 is 0. The van der Waals surface area contributed by atoms with E-state index < -0.39 is 11.9 Å². The number of rotatable bonds is 3. The van der Waals surface area contributed by atoms with Gasteiger partial charge in [-0.1, -0.05) is 5.92 Å². The number of amides is 1. The molecule has 1 unspecified atom stereocenters. The predicted molar refractivity (Wildman–Crippen MR) is 99.9 cm³/mol. The summed E-state index contributed by atoms with van der Waals surface area (Å²) in [5.41, 5.74) is 0.305. The van der Waals surface area contributed by atoms with Gasteiger partial charge in [-0.25, -0.2) is 14.4 Å². The summed E-state index contributed by atoms with van der Waals surface area (Å²) in [6.45, 7) is 4.55. The van der Waals surface area contributed by atoms with Crippen molar-refractivity contribution in [2.24, 2.45) is 17.8 Å². The van der Waals surface area contributed by atoms with Crippen LogP contribution in [0.25, 0.3) is 0 Å². The maximum atomic E-state index is 14.7. The highest BCUT2D eigenvalue weighted by Gasteiger charge is 2.58. The van der Waals surface area contributed by atoms with Gasteiger partial charge in [-0.3, -0.25) is 4.79 Å². The van der Waals surface area contributed by atoms with E-state index in [1.807, 2.05) is 4.90 Å². The number of hydrogen-bond acceptors (Lipinski definition) is 6. The van der Waals surface area contributed by atoms with E-state index >= 15 is 0 Å². The quantitative estimate of drug-likeness (QED) is 0.761. The molecule has 3 aliphatic heterocycles. The van der Waals surface area contributed by atoms with E-state index in [1.165, 1.54) is 4.90 Å². The van der Waals surface area contributed by atoms with Crippen LogP contribution in [-0.4, -0.2) is 70.9 Å². The third-order valence-corrected chi connectivity index (χ3v) is 6.30. The summed E-state index contributed by atoms with van der Waals surface area (Å²) in [4.78, 5) is 24.6. The molecule has 28 heavy (non-hydrogen) atoms. The van der Waals surface area contributed by atoms with E-state index in [4.69, 9.17) is 11.2 Å². The molecular formula is C20H25FN4O3. The fourth-order valence-electron chi connectivity index (χ4n) is 5.00. The molecule has 4 rings (SSSR count). The number of ether oxygens (including phenoxy) is 1. The number of carbonyl (C=O) groups excluding carboxylic acids is 1. The first-order valence-corrected chi connectivity index (χ1v) is 9.59. The Kier molecular flexibility index (Phi) is 4.76. The molecule has 6 atom stereocenters. The largest absolute Gasteiger partial charge is 0.390 e. The number of aryl methyl sites for hydroxylation is 2. The van der Waals surface area contributed by atoms with Gasteiger partial charge < -0.3 is 19.6 Å². The normalized spacial score (nSPS) is 33.5. The zero-order chi connectivity index (χ0) is 20.2. The third kappa shape index (κ3) is 2.93. The van der Waals surface area contributed by atoms with Gasteiger partial charge in [-0.05, 0) is 20.3 Å². The number of carbonyl (C=O) groups is 1. The van der Waals surface area contributed by atoms with Crippen LogP contribution in [0, 0.1) is 49.8 Å². The lowest BCUT2D eigenvalue weighted by Gasteiger charge is -2.36. The average Bonchev–Trinajstić information content (AvgIpc) is 3.26. The SMILES string of the molecule is C#CCN(C)C(=O)C1C[C@@H]2O[C@H]1[C@H]1CN(c3nc(C)nc(C)c3F)C[C@H]1[C@@H]2O. The van der Waals surface area contributed by atoms with E-state index in [0.29, 0.717) is 31.0 Å². The zero-order valence-electron chi connectivity index (χ0n) is 16.3. The van der Waals surface area contributed by atoms with Crippen LogP contribution in [0.4, 0.5) is 10.2 Å². The van der Waals surface area contributed by atoms with Crippen LogP contribution >= 0.6 is 0 Å². The number of nitrogens with zero attached hydrogens (tertiary/aromatic N) is 4. The first-order valence-electron chi connectivity index (χ1n) is 9.59. The Balaban J connectivity index is 1.60. The second kappa shape index (κ2) is 6.98. The lowest BCUT2D eigenvalue weighted by atomic mass is 9.83. The Morgan fingerprint density at radius 1 is 1.39 bits per heavy atom. The molecule has 1 aromatic rings. The van der Waals surface area contributed by atoms with Crippen molar-refractivity contribution >= 4 is 11.7 Å². The number of halogens is 1. The monoisotopic (exact) mass is 388 g/mol. The fraction of sp³-hybridized carbons (Fsp3) is 0.650. The molecule has 2 bridgehead atoms. The topological polar surface area (TPSA) is 78.8 Å². The summed E-state index contributed by atoms with van der Waals surface area (Å²) in [6, 6.07) is 0. The molecule has 0 spiro atoms. The summed E-state index contributed by atoms with van der Waals surface area (Å²) in [7, 11) is 1.68. The first-order chi connectivity index (χ1) is 13.3. The van der Waals surface area contributed by atoms with E-state index in [-0.39, 0.29) is 48.2 Å². The van der Waals surface area contributed by atoms with Gasteiger partial charge in [0.15, 0.2) is 11.6 Å². The van der Waals surface area contributed by atoms with Crippen LogP contribution in [0.5, 0.6) is 0 Å². The molecule has 150 valence electrons. The molecule has 7 nitrogen and oxygen atoms in total. The molecule has 0 radical (unpaired) electrons. The summed E-state index contributed by atoms with van der Waals surface area (Å²) < 4.78 is 20.7. The molecule has 3 aliphatic rings. The van der Waals surface area contributed by atoms with Gasteiger partial charge in [0, 0.05) is 32.0 Å². The third-order valence-electron chi connectivity index (χ3n) is 6.30. The Bertz CT molecular complexity index is 841. The molecule has 3 fully saturated rings. The van der Waals surface area contributed by atoms with E-state index in [2.05, 4.69) is 15.9 Å². The smallest absolute Gasteiger partial charge is 0.228 e. The summed E-state index contributed by atoms with van der Waals surface area (Å²) in [5.74, 6) is 2.25. The Morgan fingerprint density at radius 3 is 2.82 bits per heavy atom. The number of aliphatic hydroxyl groups is 1. The standard InChI is InChI=1S/C20H25FN4O3/c1-5-6-24(4)20(27)12-7-15-17(26)13-8-25(9-14(13)18(12)28-15)19-16(21)10(2)22-11(3)23-19/h1,12-15,17-18,26H,6-9H2,2-4H3/t12?,13-,14+,15+,17+,18-/m1/s1. The molecule has 0 aliphatic carbocycles. The maximum absolute atomic E-state index is 14.7. The highest BCUT2D eigenvalue weighted by Crippen LogP contribution is 2.48. The van der Waals surface area contributed by atoms with E-state index in [1.54, 1.807) is 20.9 Å². The van der Waals surface area contributed by atoms with Gasteiger partial charge in [0.25, 0.3) is 0 Å². The molecule has 0 aromatic carbocycles. The minimum Gasteiger partial charge on any atom is -0.390 e. The van der Waals surface area contributed by atoms with Gasteiger partial charge in [-0.15, -0.1) is 6.42 Å². The van der Waals surface area contributed by atoms with Gasteiger partial charge in [0.2, 0.25) is 5.91 Å². The molecule has 4 heterocycles. The zero-order valence-corrected chi connectivity index (χ0v) is 16.3. The van der Waals surface area contributed by atoms with Gasteiger partial charge in [-0.2, -0.15) is 0 Å². The molecular weight excluding hydrogens is 363 g/mol. The van der Waals surface area contributed by atoms with Crippen molar-refractivity contribution in [2.45, 2.75) is 38.6 Å². The van der Waals surface area contributed by atoms with Crippen LogP contribution in [0.15, 0.2) is 0 Å². The molecule has 8 heteroatoms. The van der Waals surface area contributed by atoms with Crippen molar-refractivity contribution in [1.82, 2.24) is 14.9 Å². The number of fused-ring (bicyclic) bond motifs is 4. The summed E-state index contributed by atoms with van der Waals surface area (Å²) in [6.07, 6.45) is 4.46. The number of hydrogen-bond donors (Lipinski definition) is 1. The van der Waals surface area contributed by atoms with Crippen molar-refractivity contribution in [1.29, 1.82) is 0 Å². The average molecular weight is 388 g/mol. The molecule has 0 saturated carbocycles. The van der Waals surface area contributed by atoms with Gasteiger partial charge in [0.1, 0.15) is 5.82 Å². The molecule has 1 amide bonds. The lowest BCUT2D eigenvalue weighted by Crippen LogP contribution is -2.47. The second-order valence-electron chi connectivity index (χ2n) is 8.10. The van der Waals surface area contributed by atoms with Crippen LogP contribution in [0.1, 0.15) is 17.9 Å². The summed E-state index contributed by atoms with van der Waals surface area (Å²) in [5, 5.41) is 10.8. The Hall–Kier alpha value is -2.24. The highest BCUT2D eigenvalue weighted by molar-refractivity contribution is 5.80. The van der Waals surface area contributed by atoms with Crippen LogP contribution in [0.2, 0.25) is 0 Å². The minimum absolute atomic E-state index is 0.0587. The van der Waals surface area contributed by atoms with E-state index in [0.717, 1.165) is 0 Å². The van der Waals surface area contributed by atoms with Crippen molar-refractivity contribution in [3.8, 4) is 12.3 Å². The fourth-order valence-corrected chi connectivity index (χ4v) is 5.00. The molecule has 3 saturated heterocycles. The Labute approximate surface area is 163 Å². The molecule has 1 N–H and O–H groups in total. The van der Waals surface area contributed by atoms with E-state index in [9.17, 15) is 14.3 Å². The van der Waals surface area contributed by atoms with Crippen LogP contribution < -0.4 is 4.90 Å². The highest BCUT2D eigenvalue weighted by atomic mass is 19.1. The first kappa shape index (κ1) is 19.1. The van der Waals surface area contributed by atoms with Gasteiger partial charge >= 0.3 is 0 Å². The maximum Gasteiger partial charge on any atom is 0.228 e. The number of aromatic nitrogens is 2. The van der Waals surface area contributed by atoms with Crippen LogP contribution in [-0.2, 0) is 9.53 Å². The predicted octanol–water partition coefficient (Wildman–Crippen LogP) is 0.525. The van der Waals surface area contributed by atoms with Crippen molar-refractivity contribution in [3.05, 3.63) is 17.3 Å².